The van der Waals surface area contributed by atoms with E-state index < -0.39 is 15.9 Å². The summed E-state index contributed by atoms with van der Waals surface area (Å²) in [7, 11) is -3.42. The average molecular weight is 298 g/mol. The van der Waals surface area contributed by atoms with Gasteiger partial charge in [-0.25, -0.2) is 8.42 Å². The number of nitrogen functional groups attached to an aromatic ring is 1. The van der Waals surface area contributed by atoms with Crippen LogP contribution in [0.4, 0.5) is 5.69 Å². The molecule has 6 nitrogen and oxygen atoms in total. The van der Waals surface area contributed by atoms with Crippen molar-refractivity contribution >= 4 is 21.4 Å². The van der Waals surface area contributed by atoms with Crippen molar-refractivity contribution in [3.05, 3.63) is 23.8 Å². The lowest BCUT2D eigenvalue weighted by Crippen LogP contribution is -2.42. The predicted molar refractivity (Wildman–Crippen MR) is 75.1 cm³/mol. The molecule has 0 aromatic heterocycles. The average Bonchev–Trinajstić information content (AvgIpc) is 2.36. The maximum Gasteiger partial charge on any atom is 0.254 e. The van der Waals surface area contributed by atoms with Crippen LogP contribution in [-0.2, 0) is 9.84 Å². The Morgan fingerprint density at radius 3 is 2.70 bits per heavy atom. The van der Waals surface area contributed by atoms with Crippen LogP contribution in [0.5, 0.6) is 0 Å². The second-order valence-electron chi connectivity index (χ2n) is 5.11. The number of hydrogen-bond acceptors (Lipinski definition) is 5. The zero-order valence-electron chi connectivity index (χ0n) is 11.2. The highest BCUT2D eigenvalue weighted by Gasteiger charge is 2.24. The zero-order chi connectivity index (χ0) is 14.9. The third-order valence-corrected chi connectivity index (χ3v) is 4.38. The number of anilines is 1. The van der Waals surface area contributed by atoms with E-state index in [1.165, 1.54) is 23.1 Å². The lowest BCUT2D eigenvalue weighted by molar-refractivity contribution is 0.0473. The molecule has 0 saturated carbocycles. The largest absolute Gasteiger partial charge is 0.399 e. The number of nitrogens with zero attached hydrogens (tertiary/aromatic N) is 1. The van der Waals surface area contributed by atoms with Gasteiger partial charge in [-0.1, -0.05) is 0 Å². The van der Waals surface area contributed by atoms with Crippen molar-refractivity contribution in [1.82, 2.24) is 4.90 Å². The zero-order valence-corrected chi connectivity index (χ0v) is 12.1. The number of hydrogen-bond donors (Lipinski definition) is 2. The Balaban J connectivity index is 2.32. The molecule has 0 radical (unpaired) electrons. The Morgan fingerprint density at radius 2 is 2.10 bits per heavy atom. The van der Waals surface area contributed by atoms with E-state index in [1.54, 1.807) is 0 Å². The number of rotatable bonds is 2. The van der Waals surface area contributed by atoms with Crippen LogP contribution < -0.4 is 5.73 Å². The maximum absolute atomic E-state index is 12.3. The molecule has 20 heavy (non-hydrogen) atoms. The Morgan fingerprint density at radius 1 is 1.40 bits per heavy atom. The number of amides is 1. The van der Waals surface area contributed by atoms with Gasteiger partial charge in [-0.2, -0.15) is 0 Å². The number of sulfone groups is 1. The number of piperidine rings is 1. The quantitative estimate of drug-likeness (QED) is 0.763. The smallest absolute Gasteiger partial charge is 0.254 e. The number of aliphatic hydroxyl groups is 1. The van der Waals surface area contributed by atoms with Gasteiger partial charge in [0, 0.05) is 30.6 Å². The predicted octanol–water partition coefficient (Wildman–Crippen LogP) is 0.269. The van der Waals surface area contributed by atoms with Crippen LogP contribution in [0, 0.1) is 0 Å². The van der Waals surface area contributed by atoms with Crippen molar-refractivity contribution < 1.29 is 18.3 Å². The summed E-state index contributed by atoms with van der Waals surface area (Å²) in [6.45, 7) is 0.820. The van der Waals surface area contributed by atoms with Crippen molar-refractivity contribution in [3.8, 4) is 0 Å². The minimum absolute atomic E-state index is 0.0263. The van der Waals surface area contributed by atoms with Gasteiger partial charge in [0.25, 0.3) is 5.91 Å². The SMILES string of the molecule is CS(=O)(=O)c1cc(N)cc(C(=O)N2CCCC(O)C2)c1. The van der Waals surface area contributed by atoms with Crippen LogP contribution >= 0.6 is 0 Å². The van der Waals surface area contributed by atoms with E-state index in [4.69, 9.17) is 5.73 Å². The van der Waals surface area contributed by atoms with Gasteiger partial charge in [0.1, 0.15) is 0 Å². The van der Waals surface area contributed by atoms with E-state index >= 15 is 0 Å². The molecule has 1 saturated heterocycles. The highest BCUT2D eigenvalue weighted by molar-refractivity contribution is 7.90. The molecule has 1 aliphatic heterocycles. The van der Waals surface area contributed by atoms with Gasteiger partial charge in [0.05, 0.1) is 11.0 Å². The second kappa shape index (κ2) is 5.41. The van der Waals surface area contributed by atoms with Crippen molar-refractivity contribution in [3.63, 3.8) is 0 Å². The van der Waals surface area contributed by atoms with E-state index in [-0.39, 0.29) is 28.6 Å². The minimum atomic E-state index is -3.42. The monoisotopic (exact) mass is 298 g/mol. The van der Waals surface area contributed by atoms with Crippen LogP contribution in [-0.4, -0.2) is 49.8 Å². The normalized spacial score (nSPS) is 19.9. The Kier molecular flexibility index (Phi) is 4.01. The van der Waals surface area contributed by atoms with E-state index in [2.05, 4.69) is 0 Å². The molecule has 0 aliphatic carbocycles. The molecule has 0 spiro atoms. The standard InChI is InChI=1S/C13H18N2O4S/c1-20(18,19)12-6-9(5-10(14)7-12)13(17)15-4-2-3-11(16)8-15/h5-7,11,16H,2-4,8,14H2,1H3. The first-order valence-electron chi connectivity index (χ1n) is 6.35. The first-order chi connectivity index (χ1) is 9.27. The highest BCUT2D eigenvalue weighted by Crippen LogP contribution is 2.20. The Labute approximate surface area is 118 Å². The second-order valence-corrected chi connectivity index (χ2v) is 7.13. The van der Waals surface area contributed by atoms with Crippen molar-refractivity contribution in [2.24, 2.45) is 0 Å². The summed E-state index contributed by atoms with van der Waals surface area (Å²) in [6, 6.07) is 4.12. The van der Waals surface area contributed by atoms with E-state index in [0.717, 1.165) is 12.7 Å². The topological polar surface area (TPSA) is 101 Å². The molecule has 1 heterocycles. The molecule has 1 aromatic rings. The summed E-state index contributed by atoms with van der Waals surface area (Å²) in [5, 5.41) is 9.60. The molecule has 1 fully saturated rings. The first kappa shape index (κ1) is 14.8. The van der Waals surface area contributed by atoms with Crippen LogP contribution in [0.1, 0.15) is 23.2 Å². The third kappa shape index (κ3) is 3.29. The summed E-state index contributed by atoms with van der Waals surface area (Å²) in [5.41, 5.74) is 6.13. The summed E-state index contributed by atoms with van der Waals surface area (Å²) < 4.78 is 23.1. The molecule has 0 bridgehead atoms. The first-order valence-corrected chi connectivity index (χ1v) is 8.24. The number of likely N-dealkylation sites (tertiary alicyclic amines) is 1. The number of carbonyl (C=O) groups is 1. The lowest BCUT2D eigenvalue weighted by Gasteiger charge is -2.30. The molecule has 1 atom stereocenters. The lowest BCUT2D eigenvalue weighted by atomic mass is 10.1. The number of benzene rings is 1. The fraction of sp³-hybridized carbons (Fsp3) is 0.462. The van der Waals surface area contributed by atoms with E-state index in [9.17, 15) is 18.3 Å². The molecular formula is C13H18N2O4S. The molecule has 3 N–H and O–H groups in total. The van der Waals surface area contributed by atoms with Crippen molar-refractivity contribution in [1.29, 1.82) is 0 Å². The van der Waals surface area contributed by atoms with Gasteiger partial charge in [-0.15, -0.1) is 0 Å². The van der Waals surface area contributed by atoms with Gasteiger partial charge >= 0.3 is 0 Å². The van der Waals surface area contributed by atoms with Gasteiger partial charge in [0.2, 0.25) is 0 Å². The summed E-state index contributed by atoms with van der Waals surface area (Å²) in [6.07, 6.45) is 1.95. The minimum Gasteiger partial charge on any atom is -0.399 e. The highest BCUT2D eigenvalue weighted by atomic mass is 32.2. The Bertz CT molecular complexity index is 627. The van der Waals surface area contributed by atoms with E-state index in [0.29, 0.717) is 13.0 Å². The summed E-state index contributed by atoms with van der Waals surface area (Å²) in [4.78, 5) is 13.9. The number of β-amino-alcohol motifs (C(OH)–C–C–N with tert-alkyl or cyclic N) is 1. The fourth-order valence-corrected chi connectivity index (χ4v) is 2.97. The molecule has 1 amide bonds. The summed E-state index contributed by atoms with van der Waals surface area (Å²) >= 11 is 0. The molecule has 110 valence electrons. The molecule has 1 unspecified atom stereocenters. The molecule has 1 aromatic carbocycles. The molecule has 7 heteroatoms. The third-order valence-electron chi connectivity index (χ3n) is 3.29. The maximum atomic E-state index is 12.3. The Hall–Kier alpha value is -1.60. The molecule has 1 aliphatic rings. The van der Waals surface area contributed by atoms with Crippen LogP contribution in [0.2, 0.25) is 0 Å². The summed E-state index contributed by atoms with van der Waals surface area (Å²) in [5.74, 6) is -0.305. The van der Waals surface area contributed by atoms with Gasteiger partial charge < -0.3 is 15.7 Å². The fourth-order valence-electron chi connectivity index (χ4n) is 2.28. The van der Waals surface area contributed by atoms with Gasteiger partial charge in [0.15, 0.2) is 9.84 Å². The van der Waals surface area contributed by atoms with Crippen LogP contribution in [0.3, 0.4) is 0 Å². The molecular weight excluding hydrogens is 280 g/mol. The van der Waals surface area contributed by atoms with Crippen LogP contribution in [0.15, 0.2) is 23.1 Å². The van der Waals surface area contributed by atoms with Crippen molar-refractivity contribution in [2.75, 3.05) is 25.1 Å². The number of carbonyl (C=O) groups excluding carboxylic acids is 1. The molecule has 2 rings (SSSR count). The number of nitrogens with two attached hydrogens (primary N) is 1. The van der Waals surface area contributed by atoms with Gasteiger partial charge in [-0.3, -0.25) is 4.79 Å². The number of aliphatic hydroxyl groups excluding tert-OH is 1. The van der Waals surface area contributed by atoms with Gasteiger partial charge in [-0.05, 0) is 31.0 Å². The van der Waals surface area contributed by atoms with Crippen molar-refractivity contribution in [2.45, 2.75) is 23.8 Å². The van der Waals surface area contributed by atoms with Crippen LogP contribution in [0.25, 0.3) is 0 Å². The van der Waals surface area contributed by atoms with E-state index in [1.807, 2.05) is 0 Å².